The van der Waals surface area contributed by atoms with Gasteiger partial charge in [0.15, 0.2) is 0 Å². The molecule has 0 aliphatic heterocycles. The lowest BCUT2D eigenvalue weighted by molar-refractivity contribution is 0.122. The van der Waals surface area contributed by atoms with Crippen LogP contribution >= 0.6 is 0 Å². The Morgan fingerprint density at radius 1 is 1.31 bits per heavy atom. The van der Waals surface area contributed by atoms with Crippen molar-refractivity contribution >= 4 is 10.2 Å². The fraction of sp³-hybridized carbons (Fsp3) is 1.00. The van der Waals surface area contributed by atoms with E-state index < -0.39 is 10.2 Å². The van der Waals surface area contributed by atoms with Crippen molar-refractivity contribution in [3.63, 3.8) is 0 Å². The summed E-state index contributed by atoms with van der Waals surface area (Å²) < 4.78 is 32.0. The minimum atomic E-state index is -3.37. The standard InChI is InChI=1S/C7H18N2O3S/c1-6(2)9-13(10,11)8-5-7(3)12-4/h6-9H,5H2,1-4H3. The number of hydrogen-bond acceptors (Lipinski definition) is 3. The third-order valence-electron chi connectivity index (χ3n) is 1.35. The normalized spacial score (nSPS) is 14.8. The third-order valence-corrected chi connectivity index (χ3v) is 2.68. The maximum absolute atomic E-state index is 11.2. The summed E-state index contributed by atoms with van der Waals surface area (Å²) in [4.78, 5) is 0. The second-order valence-electron chi connectivity index (χ2n) is 3.17. The van der Waals surface area contributed by atoms with Gasteiger partial charge in [-0.3, -0.25) is 0 Å². The monoisotopic (exact) mass is 210 g/mol. The molecule has 0 spiro atoms. The molecule has 13 heavy (non-hydrogen) atoms. The van der Waals surface area contributed by atoms with Crippen LogP contribution in [0.5, 0.6) is 0 Å². The Morgan fingerprint density at radius 3 is 2.23 bits per heavy atom. The number of methoxy groups -OCH3 is 1. The van der Waals surface area contributed by atoms with Gasteiger partial charge in [0, 0.05) is 19.7 Å². The van der Waals surface area contributed by atoms with E-state index in [2.05, 4.69) is 9.44 Å². The molecule has 0 aromatic heterocycles. The van der Waals surface area contributed by atoms with E-state index in [0.29, 0.717) is 0 Å². The summed E-state index contributed by atoms with van der Waals surface area (Å²) in [7, 11) is -1.83. The van der Waals surface area contributed by atoms with Crippen LogP contribution in [0.2, 0.25) is 0 Å². The summed E-state index contributed by atoms with van der Waals surface area (Å²) in [5.74, 6) is 0. The molecule has 0 bridgehead atoms. The van der Waals surface area contributed by atoms with Crippen molar-refractivity contribution in [2.24, 2.45) is 0 Å². The Morgan fingerprint density at radius 2 is 1.85 bits per heavy atom. The highest BCUT2D eigenvalue weighted by molar-refractivity contribution is 7.87. The van der Waals surface area contributed by atoms with Gasteiger partial charge >= 0.3 is 0 Å². The second kappa shape index (κ2) is 5.54. The Bertz CT molecular complexity index is 226. The van der Waals surface area contributed by atoms with Gasteiger partial charge in [-0.25, -0.2) is 0 Å². The summed E-state index contributed by atoms with van der Waals surface area (Å²) >= 11 is 0. The molecule has 1 unspecified atom stereocenters. The van der Waals surface area contributed by atoms with Gasteiger partial charge in [0.05, 0.1) is 6.10 Å². The van der Waals surface area contributed by atoms with Crippen LogP contribution in [0.15, 0.2) is 0 Å². The molecular formula is C7H18N2O3S. The molecule has 0 aromatic rings. The Labute approximate surface area is 80.0 Å². The van der Waals surface area contributed by atoms with Crippen molar-refractivity contribution in [3.8, 4) is 0 Å². The molecule has 5 nitrogen and oxygen atoms in total. The summed E-state index contributed by atoms with van der Waals surface area (Å²) in [6, 6.07) is -0.102. The van der Waals surface area contributed by atoms with E-state index in [1.807, 2.05) is 0 Å². The van der Waals surface area contributed by atoms with Crippen LogP contribution in [0.3, 0.4) is 0 Å². The van der Waals surface area contributed by atoms with E-state index in [4.69, 9.17) is 4.74 Å². The summed E-state index contributed by atoms with van der Waals surface area (Å²) in [6.07, 6.45) is -0.122. The van der Waals surface area contributed by atoms with Crippen molar-refractivity contribution < 1.29 is 13.2 Å². The zero-order valence-electron chi connectivity index (χ0n) is 8.49. The average molecular weight is 210 g/mol. The lowest BCUT2D eigenvalue weighted by atomic mass is 10.4. The minimum Gasteiger partial charge on any atom is -0.380 e. The predicted molar refractivity (Wildman–Crippen MR) is 51.7 cm³/mol. The van der Waals surface area contributed by atoms with E-state index in [-0.39, 0.29) is 18.7 Å². The highest BCUT2D eigenvalue weighted by atomic mass is 32.2. The van der Waals surface area contributed by atoms with Crippen LogP contribution in [0, 0.1) is 0 Å². The minimum absolute atomic E-state index is 0.102. The van der Waals surface area contributed by atoms with E-state index in [1.165, 1.54) is 7.11 Å². The van der Waals surface area contributed by atoms with E-state index in [1.54, 1.807) is 20.8 Å². The van der Waals surface area contributed by atoms with Crippen molar-refractivity contribution in [3.05, 3.63) is 0 Å². The summed E-state index contributed by atoms with van der Waals surface area (Å²) in [5, 5.41) is 0. The lowest BCUT2D eigenvalue weighted by Crippen LogP contribution is -2.43. The lowest BCUT2D eigenvalue weighted by Gasteiger charge is -2.13. The van der Waals surface area contributed by atoms with Crippen LogP contribution < -0.4 is 9.44 Å². The van der Waals surface area contributed by atoms with Crippen LogP contribution in [0.4, 0.5) is 0 Å². The van der Waals surface area contributed by atoms with Crippen LogP contribution in [-0.2, 0) is 14.9 Å². The fourth-order valence-electron chi connectivity index (χ4n) is 0.662. The highest BCUT2D eigenvalue weighted by Crippen LogP contribution is 1.87. The van der Waals surface area contributed by atoms with E-state index >= 15 is 0 Å². The number of hydrogen-bond donors (Lipinski definition) is 2. The molecule has 0 saturated carbocycles. The maximum atomic E-state index is 11.2. The third kappa shape index (κ3) is 6.94. The Hall–Kier alpha value is -0.170. The number of ether oxygens (including phenoxy) is 1. The zero-order chi connectivity index (χ0) is 10.5. The van der Waals surface area contributed by atoms with Crippen LogP contribution in [0.1, 0.15) is 20.8 Å². The molecule has 0 saturated heterocycles. The molecule has 1 atom stereocenters. The summed E-state index contributed by atoms with van der Waals surface area (Å²) in [5.41, 5.74) is 0. The molecule has 0 rings (SSSR count). The first-order valence-corrected chi connectivity index (χ1v) is 5.65. The average Bonchev–Trinajstić information content (AvgIpc) is 1.98. The van der Waals surface area contributed by atoms with Gasteiger partial charge in [-0.15, -0.1) is 0 Å². The van der Waals surface area contributed by atoms with Crippen molar-refractivity contribution in [2.45, 2.75) is 32.9 Å². The van der Waals surface area contributed by atoms with E-state index in [0.717, 1.165) is 0 Å². The smallest absolute Gasteiger partial charge is 0.277 e. The van der Waals surface area contributed by atoms with Gasteiger partial charge < -0.3 is 4.74 Å². The molecule has 80 valence electrons. The van der Waals surface area contributed by atoms with Crippen LogP contribution in [0.25, 0.3) is 0 Å². The SMILES string of the molecule is COC(C)CNS(=O)(=O)NC(C)C. The molecule has 0 fully saturated rings. The van der Waals surface area contributed by atoms with Gasteiger partial charge in [0.1, 0.15) is 0 Å². The topological polar surface area (TPSA) is 67.4 Å². The molecule has 0 heterocycles. The second-order valence-corrected chi connectivity index (χ2v) is 4.70. The first-order valence-electron chi connectivity index (χ1n) is 4.17. The molecular weight excluding hydrogens is 192 g/mol. The fourth-order valence-corrected chi connectivity index (χ4v) is 1.82. The molecule has 0 aliphatic carbocycles. The van der Waals surface area contributed by atoms with E-state index in [9.17, 15) is 8.42 Å². The molecule has 0 aliphatic rings. The predicted octanol–water partition coefficient (Wildman–Crippen LogP) is -0.146. The molecule has 6 heteroatoms. The number of nitrogens with one attached hydrogen (secondary N) is 2. The molecule has 0 aromatic carbocycles. The highest BCUT2D eigenvalue weighted by Gasteiger charge is 2.11. The first kappa shape index (κ1) is 12.8. The van der Waals surface area contributed by atoms with Gasteiger partial charge in [-0.1, -0.05) is 0 Å². The van der Waals surface area contributed by atoms with Crippen molar-refractivity contribution in [1.29, 1.82) is 0 Å². The zero-order valence-corrected chi connectivity index (χ0v) is 9.31. The largest absolute Gasteiger partial charge is 0.380 e. The van der Waals surface area contributed by atoms with Crippen LogP contribution in [-0.4, -0.2) is 34.2 Å². The van der Waals surface area contributed by atoms with Gasteiger partial charge in [0.2, 0.25) is 0 Å². The van der Waals surface area contributed by atoms with Crippen molar-refractivity contribution in [1.82, 2.24) is 9.44 Å². The Kier molecular flexibility index (Phi) is 5.46. The number of rotatable bonds is 6. The summed E-state index contributed by atoms with van der Waals surface area (Å²) in [6.45, 7) is 5.59. The van der Waals surface area contributed by atoms with Gasteiger partial charge in [-0.2, -0.15) is 17.9 Å². The quantitative estimate of drug-likeness (QED) is 0.641. The van der Waals surface area contributed by atoms with Gasteiger partial charge in [0.25, 0.3) is 10.2 Å². The Balaban J connectivity index is 3.90. The molecule has 0 amide bonds. The van der Waals surface area contributed by atoms with Gasteiger partial charge in [-0.05, 0) is 20.8 Å². The molecule has 2 N–H and O–H groups in total. The van der Waals surface area contributed by atoms with Crippen molar-refractivity contribution in [2.75, 3.05) is 13.7 Å². The molecule has 0 radical (unpaired) electrons. The maximum Gasteiger partial charge on any atom is 0.277 e. The first-order chi connectivity index (χ1) is 5.87.